The Morgan fingerprint density at radius 1 is 1.47 bits per heavy atom. The lowest BCUT2D eigenvalue weighted by Gasteiger charge is -2.02. The lowest BCUT2D eigenvalue weighted by atomic mass is 10.2. The van der Waals surface area contributed by atoms with Crippen molar-refractivity contribution in [2.24, 2.45) is 0 Å². The molecule has 1 amide bonds. The molecule has 0 bridgehead atoms. The van der Waals surface area contributed by atoms with Crippen molar-refractivity contribution in [2.45, 2.75) is 13.8 Å². The number of hydrogen-bond donors (Lipinski definition) is 1. The third-order valence-electron chi connectivity index (χ3n) is 1.87. The number of hydrogen-bond acceptors (Lipinski definition) is 4. The van der Waals surface area contributed by atoms with Gasteiger partial charge in [-0.3, -0.25) is 4.79 Å². The summed E-state index contributed by atoms with van der Waals surface area (Å²) >= 11 is 1.54. The molecule has 5 heteroatoms. The van der Waals surface area contributed by atoms with Crippen molar-refractivity contribution in [2.75, 3.05) is 13.7 Å². The third-order valence-corrected chi connectivity index (χ3v) is 2.84. The van der Waals surface area contributed by atoms with Gasteiger partial charge in [0.25, 0.3) is 5.91 Å². The van der Waals surface area contributed by atoms with Crippen molar-refractivity contribution >= 4 is 23.2 Å². The topological polar surface area (TPSA) is 55.4 Å². The highest BCUT2D eigenvalue weighted by Crippen LogP contribution is 2.21. The van der Waals surface area contributed by atoms with Crippen molar-refractivity contribution in [1.29, 1.82) is 0 Å². The van der Waals surface area contributed by atoms with Gasteiger partial charge in [-0.1, -0.05) is 0 Å². The quantitative estimate of drug-likeness (QED) is 0.791. The van der Waals surface area contributed by atoms with Crippen LogP contribution >= 0.6 is 11.3 Å². The minimum absolute atomic E-state index is 0.232. The van der Waals surface area contributed by atoms with Gasteiger partial charge >= 0.3 is 5.97 Å². The summed E-state index contributed by atoms with van der Waals surface area (Å²) in [6, 6.07) is 1.77. The number of ether oxygens (including phenoxy) is 1. The molecule has 0 spiro atoms. The van der Waals surface area contributed by atoms with E-state index in [1.807, 2.05) is 13.8 Å². The Kier molecular flexibility index (Phi) is 3.85. The fourth-order valence-corrected chi connectivity index (χ4v) is 2.03. The first-order valence-electron chi connectivity index (χ1n) is 4.49. The summed E-state index contributed by atoms with van der Waals surface area (Å²) in [5.74, 6) is -0.756. The molecular weight excluding hydrogens is 214 g/mol. The zero-order chi connectivity index (χ0) is 11.4. The first-order valence-corrected chi connectivity index (χ1v) is 5.31. The molecule has 82 valence electrons. The molecule has 0 aromatic carbocycles. The van der Waals surface area contributed by atoms with Crippen LogP contribution in [0.2, 0.25) is 0 Å². The molecule has 0 radical (unpaired) electrons. The zero-order valence-corrected chi connectivity index (χ0v) is 9.73. The Hall–Kier alpha value is -1.36. The van der Waals surface area contributed by atoms with E-state index in [4.69, 9.17) is 4.74 Å². The maximum Gasteiger partial charge on any atom is 0.339 e. The van der Waals surface area contributed by atoms with Crippen molar-refractivity contribution in [3.63, 3.8) is 0 Å². The highest BCUT2D eigenvalue weighted by Gasteiger charge is 2.14. The minimum Gasteiger partial charge on any atom is -0.452 e. The molecule has 0 aliphatic rings. The summed E-state index contributed by atoms with van der Waals surface area (Å²) in [4.78, 5) is 24.3. The predicted molar refractivity (Wildman–Crippen MR) is 58.1 cm³/mol. The minimum atomic E-state index is -0.444. The fourth-order valence-electron chi connectivity index (χ4n) is 1.11. The van der Waals surface area contributed by atoms with E-state index < -0.39 is 5.97 Å². The number of rotatable bonds is 3. The number of thiophene rings is 1. The summed E-state index contributed by atoms with van der Waals surface area (Å²) in [6.07, 6.45) is 0. The molecule has 0 atom stereocenters. The first kappa shape index (κ1) is 11.7. The van der Waals surface area contributed by atoms with E-state index in [9.17, 15) is 9.59 Å². The standard InChI is InChI=1S/C10H13NO3S/c1-6-4-8(7(2)15-6)10(13)14-5-9(12)11-3/h4H,5H2,1-3H3,(H,11,12). The van der Waals surface area contributed by atoms with Gasteiger partial charge in [0.1, 0.15) is 0 Å². The van der Waals surface area contributed by atoms with Crippen LogP contribution in [0.25, 0.3) is 0 Å². The molecule has 0 saturated heterocycles. The molecule has 0 fully saturated rings. The largest absolute Gasteiger partial charge is 0.452 e. The maximum absolute atomic E-state index is 11.5. The van der Waals surface area contributed by atoms with Crippen LogP contribution in [0.1, 0.15) is 20.1 Å². The normalized spacial score (nSPS) is 9.80. The predicted octanol–water partition coefficient (Wildman–Crippen LogP) is 1.27. The Bertz CT molecular complexity index is 384. The van der Waals surface area contributed by atoms with Crippen LogP contribution < -0.4 is 5.32 Å². The van der Waals surface area contributed by atoms with Crippen LogP contribution in [0, 0.1) is 13.8 Å². The van der Waals surface area contributed by atoms with Gasteiger partial charge in [0.05, 0.1) is 5.56 Å². The molecule has 0 aliphatic heterocycles. The molecule has 0 unspecified atom stereocenters. The maximum atomic E-state index is 11.5. The lowest BCUT2D eigenvalue weighted by molar-refractivity contribution is -0.123. The van der Waals surface area contributed by atoms with Crippen molar-refractivity contribution in [3.05, 3.63) is 21.4 Å². The lowest BCUT2D eigenvalue weighted by Crippen LogP contribution is -2.25. The Morgan fingerprint density at radius 3 is 2.60 bits per heavy atom. The monoisotopic (exact) mass is 227 g/mol. The van der Waals surface area contributed by atoms with Gasteiger partial charge in [0.15, 0.2) is 6.61 Å². The average Bonchev–Trinajstić information content (AvgIpc) is 2.53. The molecule has 4 nitrogen and oxygen atoms in total. The van der Waals surface area contributed by atoms with Crippen molar-refractivity contribution in [1.82, 2.24) is 5.32 Å². The molecule has 0 saturated carbocycles. The molecule has 15 heavy (non-hydrogen) atoms. The number of likely N-dealkylation sites (N-methyl/N-ethyl adjacent to an activating group) is 1. The number of aryl methyl sites for hydroxylation is 2. The number of esters is 1. The molecule has 0 aliphatic carbocycles. The molecular formula is C10H13NO3S. The van der Waals surface area contributed by atoms with Gasteiger partial charge in [-0.25, -0.2) is 4.79 Å². The van der Waals surface area contributed by atoms with E-state index in [0.717, 1.165) is 9.75 Å². The molecule has 1 heterocycles. The van der Waals surface area contributed by atoms with Crippen LogP contribution in [-0.4, -0.2) is 25.5 Å². The highest BCUT2D eigenvalue weighted by atomic mass is 32.1. The summed E-state index contributed by atoms with van der Waals surface area (Å²) in [5.41, 5.74) is 0.543. The number of carbonyl (C=O) groups is 2. The van der Waals surface area contributed by atoms with Crippen LogP contribution in [-0.2, 0) is 9.53 Å². The van der Waals surface area contributed by atoms with Gasteiger partial charge in [-0.2, -0.15) is 0 Å². The summed E-state index contributed by atoms with van der Waals surface area (Å²) < 4.78 is 4.83. The fraction of sp³-hybridized carbons (Fsp3) is 0.400. The molecule has 1 aromatic rings. The van der Waals surface area contributed by atoms with Crippen molar-refractivity contribution < 1.29 is 14.3 Å². The molecule has 1 rings (SSSR count). The van der Waals surface area contributed by atoms with Crippen LogP contribution in [0.3, 0.4) is 0 Å². The van der Waals surface area contributed by atoms with E-state index in [-0.39, 0.29) is 12.5 Å². The highest BCUT2D eigenvalue weighted by molar-refractivity contribution is 7.12. The number of amides is 1. The molecule has 1 aromatic heterocycles. The summed E-state index contributed by atoms with van der Waals surface area (Å²) in [5, 5.41) is 2.38. The summed E-state index contributed by atoms with van der Waals surface area (Å²) in [6.45, 7) is 3.55. The summed E-state index contributed by atoms with van der Waals surface area (Å²) in [7, 11) is 1.50. The smallest absolute Gasteiger partial charge is 0.339 e. The van der Waals surface area contributed by atoms with Gasteiger partial charge < -0.3 is 10.1 Å². The van der Waals surface area contributed by atoms with E-state index in [1.165, 1.54) is 18.4 Å². The van der Waals surface area contributed by atoms with Crippen LogP contribution in [0.15, 0.2) is 6.07 Å². The second-order valence-corrected chi connectivity index (χ2v) is 4.54. The first-order chi connectivity index (χ1) is 7.04. The van der Waals surface area contributed by atoms with Gasteiger partial charge in [0.2, 0.25) is 0 Å². The second-order valence-electron chi connectivity index (χ2n) is 3.08. The van der Waals surface area contributed by atoms with E-state index in [0.29, 0.717) is 5.56 Å². The van der Waals surface area contributed by atoms with E-state index in [2.05, 4.69) is 5.32 Å². The van der Waals surface area contributed by atoms with E-state index in [1.54, 1.807) is 6.07 Å². The Labute approximate surface area is 92.2 Å². The zero-order valence-electron chi connectivity index (χ0n) is 8.92. The van der Waals surface area contributed by atoms with E-state index >= 15 is 0 Å². The van der Waals surface area contributed by atoms with Crippen molar-refractivity contribution in [3.8, 4) is 0 Å². The van der Waals surface area contributed by atoms with Crippen LogP contribution in [0.4, 0.5) is 0 Å². The second kappa shape index (κ2) is 4.93. The third kappa shape index (κ3) is 3.06. The number of nitrogens with one attached hydrogen (secondary N) is 1. The van der Waals surface area contributed by atoms with Gasteiger partial charge in [0, 0.05) is 16.8 Å². The SMILES string of the molecule is CNC(=O)COC(=O)c1cc(C)sc1C. The average molecular weight is 227 g/mol. The van der Waals surface area contributed by atoms with Crippen LogP contribution in [0.5, 0.6) is 0 Å². The van der Waals surface area contributed by atoms with Gasteiger partial charge in [-0.15, -0.1) is 11.3 Å². The Balaban J connectivity index is 2.61. The molecule has 1 N–H and O–H groups in total. The van der Waals surface area contributed by atoms with Gasteiger partial charge in [-0.05, 0) is 19.9 Å². The Morgan fingerprint density at radius 2 is 2.13 bits per heavy atom. The number of carbonyl (C=O) groups excluding carboxylic acids is 2.